The van der Waals surface area contributed by atoms with Gasteiger partial charge in [0.15, 0.2) is 0 Å². The summed E-state index contributed by atoms with van der Waals surface area (Å²) in [5, 5.41) is 10.6. The summed E-state index contributed by atoms with van der Waals surface area (Å²) >= 11 is 0. The number of rotatable bonds is 4. The first-order chi connectivity index (χ1) is 8.05. The molecule has 0 amide bonds. The zero-order valence-corrected chi connectivity index (χ0v) is 10.7. The van der Waals surface area contributed by atoms with E-state index in [9.17, 15) is 5.11 Å². The van der Waals surface area contributed by atoms with Gasteiger partial charge in [-0.2, -0.15) is 0 Å². The smallest absolute Gasteiger partial charge is 0.119 e. The first kappa shape index (κ1) is 12.4. The first-order valence-corrected chi connectivity index (χ1v) is 6.06. The van der Waals surface area contributed by atoms with E-state index in [1.165, 1.54) is 5.56 Å². The Morgan fingerprint density at radius 1 is 1.41 bits per heavy atom. The Bertz CT molecular complexity index is 400. The van der Waals surface area contributed by atoms with Gasteiger partial charge in [0.05, 0.1) is 19.8 Å². The van der Waals surface area contributed by atoms with Crippen molar-refractivity contribution >= 4 is 0 Å². The van der Waals surface area contributed by atoms with Crippen LogP contribution in [0.4, 0.5) is 0 Å². The third-order valence-electron chi connectivity index (χ3n) is 3.28. The molecule has 17 heavy (non-hydrogen) atoms. The molecule has 3 nitrogen and oxygen atoms in total. The Morgan fingerprint density at radius 2 is 2.18 bits per heavy atom. The van der Waals surface area contributed by atoms with Crippen LogP contribution >= 0.6 is 0 Å². The molecule has 0 radical (unpaired) electrons. The lowest BCUT2D eigenvalue weighted by Crippen LogP contribution is -2.30. The molecule has 0 aliphatic heterocycles. The minimum atomic E-state index is -0.853. The van der Waals surface area contributed by atoms with Crippen LogP contribution in [0.3, 0.4) is 0 Å². The van der Waals surface area contributed by atoms with Crippen molar-refractivity contribution in [1.29, 1.82) is 0 Å². The second-order valence-electron chi connectivity index (χ2n) is 4.91. The monoisotopic (exact) mass is 236 g/mol. The predicted molar refractivity (Wildman–Crippen MR) is 66.3 cm³/mol. The number of ether oxygens (including phenoxy) is 2. The SMILES string of the molecule is COc1ccc2c(c1)C(O)(COC(C)C)CC2. The van der Waals surface area contributed by atoms with Gasteiger partial charge in [0, 0.05) is 0 Å². The molecule has 1 aliphatic rings. The van der Waals surface area contributed by atoms with Gasteiger partial charge in [-0.05, 0) is 49.9 Å². The van der Waals surface area contributed by atoms with Gasteiger partial charge in [0.25, 0.3) is 0 Å². The molecule has 0 saturated heterocycles. The number of benzene rings is 1. The van der Waals surface area contributed by atoms with Gasteiger partial charge in [0.1, 0.15) is 11.4 Å². The average Bonchev–Trinajstić information content (AvgIpc) is 2.65. The molecule has 1 N–H and O–H groups in total. The average molecular weight is 236 g/mol. The third-order valence-corrected chi connectivity index (χ3v) is 3.28. The van der Waals surface area contributed by atoms with Crippen LogP contribution < -0.4 is 4.74 Å². The molecule has 1 atom stereocenters. The van der Waals surface area contributed by atoms with Crippen LogP contribution in [0.5, 0.6) is 5.75 Å². The molecule has 2 rings (SSSR count). The lowest BCUT2D eigenvalue weighted by molar-refractivity contribution is -0.0677. The maximum Gasteiger partial charge on any atom is 0.119 e. The number of hydrogen-bond donors (Lipinski definition) is 1. The number of aryl methyl sites for hydroxylation is 1. The van der Waals surface area contributed by atoms with Gasteiger partial charge >= 0.3 is 0 Å². The minimum absolute atomic E-state index is 0.133. The van der Waals surface area contributed by atoms with Crippen molar-refractivity contribution in [3.05, 3.63) is 29.3 Å². The van der Waals surface area contributed by atoms with Gasteiger partial charge in [0.2, 0.25) is 0 Å². The van der Waals surface area contributed by atoms with E-state index in [1.807, 2.05) is 32.0 Å². The molecule has 0 bridgehead atoms. The van der Waals surface area contributed by atoms with Crippen LogP contribution in [0, 0.1) is 0 Å². The molecule has 3 heteroatoms. The van der Waals surface area contributed by atoms with Gasteiger partial charge in [-0.1, -0.05) is 6.07 Å². The Hall–Kier alpha value is -1.06. The largest absolute Gasteiger partial charge is 0.497 e. The van der Waals surface area contributed by atoms with Crippen LogP contribution in [0.2, 0.25) is 0 Å². The summed E-state index contributed by atoms with van der Waals surface area (Å²) in [6.07, 6.45) is 1.76. The Morgan fingerprint density at radius 3 is 2.82 bits per heavy atom. The summed E-state index contributed by atoms with van der Waals surface area (Å²) < 4.78 is 10.8. The van der Waals surface area contributed by atoms with Crippen LogP contribution in [-0.4, -0.2) is 24.9 Å². The van der Waals surface area contributed by atoms with E-state index in [1.54, 1.807) is 7.11 Å². The van der Waals surface area contributed by atoms with Crippen LogP contribution in [0.25, 0.3) is 0 Å². The highest BCUT2D eigenvalue weighted by Crippen LogP contribution is 2.39. The summed E-state index contributed by atoms with van der Waals surface area (Å²) in [6, 6.07) is 5.89. The fourth-order valence-electron chi connectivity index (χ4n) is 2.26. The van der Waals surface area contributed by atoms with Gasteiger partial charge in [-0.3, -0.25) is 0 Å². The van der Waals surface area contributed by atoms with Crippen molar-refractivity contribution in [1.82, 2.24) is 0 Å². The zero-order valence-electron chi connectivity index (χ0n) is 10.7. The van der Waals surface area contributed by atoms with Crippen molar-refractivity contribution in [3.8, 4) is 5.75 Å². The Kier molecular flexibility index (Phi) is 3.40. The number of hydrogen-bond acceptors (Lipinski definition) is 3. The third kappa shape index (κ3) is 2.45. The van der Waals surface area contributed by atoms with Crippen molar-refractivity contribution in [2.24, 2.45) is 0 Å². The van der Waals surface area contributed by atoms with E-state index in [-0.39, 0.29) is 6.10 Å². The molecular formula is C14H20O3. The van der Waals surface area contributed by atoms with E-state index in [2.05, 4.69) is 0 Å². The second kappa shape index (κ2) is 4.67. The summed E-state index contributed by atoms with van der Waals surface area (Å²) in [6.45, 7) is 4.31. The Labute approximate surface area is 102 Å². The molecule has 1 unspecified atom stereocenters. The molecule has 94 valence electrons. The van der Waals surface area contributed by atoms with E-state index < -0.39 is 5.60 Å². The quantitative estimate of drug-likeness (QED) is 0.871. The number of fused-ring (bicyclic) bond motifs is 1. The highest BCUT2D eigenvalue weighted by Gasteiger charge is 2.37. The standard InChI is InChI=1S/C14H20O3/c1-10(2)17-9-14(15)7-6-11-4-5-12(16-3)8-13(11)14/h4-5,8,10,15H,6-7,9H2,1-3H3. The first-order valence-electron chi connectivity index (χ1n) is 6.06. The van der Waals surface area contributed by atoms with Crippen molar-refractivity contribution < 1.29 is 14.6 Å². The fraction of sp³-hybridized carbons (Fsp3) is 0.571. The highest BCUT2D eigenvalue weighted by molar-refractivity contribution is 5.42. The van der Waals surface area contributed by atoms with Gasteiger partial charge in [-0.15, -0.1) is 0 Å². The molecule has 0 heterocycles. The molecule has 1 aromatic carbocycles. The van der Waals surface area contributed by atoms with E-state index in [4.69, 9.17) is 9.47 Å². The normalized spacial score (nSPS) is 22.9. The van der Waals surface area contributed by atoms with E-state index in [0.717, 1.165) is 24.2 Å². The lowest BCUT2D eigenvalue weighted by Gasteiger charge is -2.25. The van der Waals surface area contributed by atoms with Gasteiger partial charge < -0.3 is 14.6 Å². The number of aliphatic hydroxyl groups is 1. The maximum absolute atomic E-state index is 10.6. The van der Waals surface area contributed by atoms with Crippen LogP contribution in [-0.2, 0) is 16.8 Å². The summed E-state index contributed by atoms with van der Waals surface area (Å²) in [5.74, 6) is 0.786. The number of methoxy groups -OCH3 is 1. The lowest BCUT2D eigenvalue weighted by atomic mass is 9.97. The second-order valence-corrected chi connectivity index (χ2v) is 4.91. The molecule has 0 spiro atoms. The summed E-state index contributed by atoms with van der Waals surface area (Å²) in [7, 11) is 1.64. The van der Waals surface area contributed by atoms with E-state index in [0.29, 0.717) is 6.61 Å². The van der Waals surface area contributed by atoms with Crippen molar-refractivity contribution in [2.45, 2.75) is 38.4 Å². The molecular weight excluding hydrogens is 216 g/mol. The molecule has 1 aromatic rings. The van der Waals surface area contributed by atoms with E-state index >= 15 is 0 Å². The molecule has 0 saturated carbocycles. The van der Waals surface area contributed by atoms with Crippen LogP contribution in [0.1, 0.15) is 31.4 Å². The summed E-state index contributed by atoms with van der Waals surface area (Å²) in [4.78, 5) is 0. The Balaban J connectivity index is 2.24. The van der Waals surface area contributed by atoms with Gasteiger partial charge in [-0.25, -0.2) is 0 Å². The highest BCUT2D eigenvalue weighted by atomic mass is 16.5. The summed E-state index contributed by atoms with van der Waals surface area (Å²) in [5.41, 5.74) is 1.30. The van der Waals surface area contributed by atoms with Crippen molar-refractivity contribution in [3.63, 3.8) is 0 Å². The zero-order chi connectivity index (χ0) is 12.5. The maximum atomic E-state index is 10.6. The van der Waals surface area contributed by atoms with Crippen molar-refractivity contribution in [2.75, 3.05) is 13.7 Å². The molecule has 0 aromatic heterocycles. The molecule has 1 aliphatic carbocycles. The predicted octanol–water partition coefficient (Wildman–Crippen LogP) is 2.25. The minimum Gasteiger partial charge on any atom is -0.497 e. The van der Waals surface area contributed by atoms with Crippen LogP contribution in [0.15, 0.2) is 18.2 Å². The molecule has 0 fully saturated rings. The fourth-order valence-corrected chi connectivity index (χ4v) is 2.26. The topological polar surface area (TPSA) is 38.7 Å².